The molecule has 0 radical (unpaired) electrons. The summed E-state index contributed by atoms with van der Waals surface area (Å²) in [5.74, 6) is 0.658. The van der Waals surface area contributed by atoms with Gasteiger partial charge in [-0.3, -0.25) is 0 Å². The van der Waals surface area contributed by atoms with E-state index in [0.29, 0.717) is 12.3 Å². The molecule has 62 valence electrons. The van der Waals surface area contributed by atoms with Crippen molar-refractivity contribution in [3.63, 3.8) is 0 Å². The molecule has 0 aromatic heterocycles. The summed E-state index contributed by atoms with van der Waals surface area (Å²) >= 11 is 0. The quantitative estimate of drug-likeness (QED) is 0.437. The number of unbranched alkanes of at least 4 members (excludes halogenated alkanes) is 3. The summed E-state index contributed by atoms with van der Waals surface area (Å²) in [7, 11) is 0. The van der Waals surface area contributed by atoms with Gasteiger partial charge in [0.1, 0.15) is 0 Å². The number of hydrogen-bond donors (Lipinski definition) is 0. The van der Waals surface area contributed by atoms with Crippen LogP contribution in [0.1, 0.15) is 39.5 Å². The Morgan fingerprint density at radius 1 is 1.36 bits per heavy atom. The van der Waals surface area contributed by atoms with E-state index in [4.69, 9.17) is 5.26 Å². The third-order valence-electron chi connectivity index (χ3n) is 1.43. The van der Waals surface area contributed by atoms with Crippen LogP contribution in [0.3, 0.4) is 0 Å². The molecule has 0 atom stereocenters. The maximum absolute atomic E-state index is 8.24. The standard InChI is InChI=1S/C10H17N/c1-10(2)8-6-4-3-5-7-9-11/h6,8,10H,3-5,7H2,1-2H3. The molecule has 0 aliphatic rings. The highest BCUT2D eigenvalue weighted by Crippen LogP contribution is 2.01. The highest BCUT2D eigenvalue weighted by Gasteiger charge is 1.85. The number of nitrogens with zero attached hydrogens (tertiary/aromatic N) is 1. The van der Waals surface area contributed by atoms with E-state index in [1.54, 1.807) is 0 Å². The van der Waals surface area contributed by atoms with Gasteiger partial charge in [0.25, 0.3) is 0 Å². The first-order chi connectivity index (χ1) is 5.27. The van der Waals surface area contributed by atoms with E-state index in [0.717, 1.165) is 19.3 Å². The molecule has 0 N–H and O–H groups in total. The average Bonchev–Trinajstić information content (AvgIpc) is 1.96. The Bertz CT molecular complexity index is 139. The number of rotatable bonds is 5. The lowest BCUT2D eigenvalue weighted by Crippen LogP contribution is -1.77. The Hall–Kier alpha value is -0.770. The first kappa shape index (κ1) is 10.2. The maximum Gasteiger partial charge on any atom is 0.0621 e. The lowest BCUT2D eigenvalue weighted by molar-refractivity contribution is 0.756. The fraction of sp³-hybridized carbons (Fsp3) is 0.700. The SMILES string of the molecule is CC(C)C=CCCCCC#N. The molecule has 0 aliphatic carbocycles. The van der Waals surface area contributed by atoms with Crippen LogP contribution < -0.4 is 0 Å². The number of nitriles is 1. The smallest absolute Gasteiger partial charge is 0.0621 e. The highest BCUT2D eigenvalue weighted by atomic mass is 14.2. The second-order valence-electron chi connectivity index (χ2n) is 3.08. The van der Waals surface area contributed by atoms with Crippen LogP contribution in [0.4, 0.5) is 0 Å². The molecule has 0 rings (SSSR count). The van der Waals surface area contributed by atoms with Crippen molar-refractivity contribution in [3.8, 4) is 6.07 Å². The zero-order chi connectivity index (χ0) is 8.53. The fourth-order valence-corrected chi connectivity index (χ4v) is 0.835. The minimum atomic E-state index is 0.658. The van der Waals surface area contributed by atoms with Gasteiger partial charge in [-0.15, -0.1) is 0 Å². The minimum Gasteiger partial charge on any atom is -0.198 e. The monoisotopic (exact) mass is 151 g/mol. The van der Waals surface area contributed by atoms with Gasteiger partial charge in [0.2, 0.25) is 0 Å². The van der Waals surface area contributed by atoms with Crippen LogP contribution in [-0.2, 0) is 0 Å². The number of allylic oxidation sites excluding steroid dienone is 2. The van der Waals surface area contributed by atoms with Gasteiger partial charge in [0.05, 0.1) is 6.07 Å². The van der Waals surface area contributed by atoms with E-state index in [1.165, 1.54) is 0 Å². The molecule has 1 heteroatoms. The molecule has 0 fully saturated rings. The van der Waals surface area contributed by atoms with Gasteiger partial charge >= 0.3 is 0 Å². The van der Waals surface area contributed by atoms with Crippen molar-refractivity contribution in [2.45, 2.75) is 39.5 Å². The van der Waals surface area contributed by atoms with Crippen LogP contribution in [0.25, 0.3) is 0 Å². The lowest BCUT2D eigenvalue weighted by Gasteiger charge is -1.93. The molecule has 0 amide bonds. The van der Waals surface area contributed by atoms with Gasteiger partial charge < -0.3 is 0 Å². The largest absolute Gasteiger partial charge is 0.198 e. The van der Waals surface area contributed by atoms with E-state index < -0.39 is 0 Å². The first-order valence-electron chi connectivity index (χ1n) is 4.31. The van der Waals surface area contributed by atoms with Gasteiger partial charge in [0.15, 0.2) is 0 Å². The second kappa shape index (κ2) is 7.34. The van der Waals surface area contributed by atoms with Crippen LogP contribution in [-0.4, -0.2) is 0 Å². The van der Waals surface area contributed by atoms with E-state index in [-0.39, 0.29) is 0 Å². The minimum absolute atomic E-state index is 0.658. The second-order valence-corrected chi connectivity index (χ2v) is 3.08. The van der Waals surface area contributed by atoms with Crippen molar-refractivity contribution >= 4 is 0 Å². The van der Waals surface area contributed by atoms with Crippen LogP contribution in [0.2, 0.25) is 0 Å². The lowest BCUT2D eigenvalue weighted by atomic mass is 10.1. The Morgan fingerprint density at radius 3 is 2.64 bits per heavy atom. The molecule has 0 bridgehead atoms. The molecule has 11 heavy (non-hydrogen) atoms. The Labute approximate surface area is 69.7 Å². The molecule has 0 aromatic carbocycles. The van der Waals surface area contributed by atoms with Crippen molar-refractivity contribution in [2.24, 2.45) is 5.92 Å². The molecule has 0 unspecified atom stereocenters. The average molecular weight is 151 g/mol. The third kappa shape index (κ3) is 9.23. The summed E-state index contributed by atoms with van der Waals surface area (Å²) in [5, 5.41) is 8.24. The predicted molar refractivity (Wildman–Crippen MR) is 48.1 cm³/mol. The molecule has 0 spiro atoms. The molecule has 0 heterocycles. The Kier molecular flexibility index (Phi) is 6.82. The van der Waals surface area contributed by atoms with Gasteiger partial charge in [-0.05, 0) is 25.2 Å². The zero-order valence-corrected chi connectivity index (χ0v) is 7.51. The van der Waals surface area contributed by atoms with Crippen molar-refractivity contribution in [1.29, 1.82) is 5.26 Å². The first-order valence-corrected chi connectivity index (χ1v) is 4.31. The summed E-state index contributed by atoms with van der Waals surface area (Å²) in [4.78, 5) is 0. The van der Waals surface area contributed by atoms with Crippen LogP contribution in [0, 0.1) is 17.2 Å². The van der Waals surface area contributed by atoms with E-state index in [9.17, 15) is 0 Å². The van der Waals surface area contributed by atoms with Crippen molar-refractivity contribution in [3.05, 3.63) is 12.2 Å². The van der Waals surface area contributed by atoms with E-state index in [2.05, 4.69) is 32.1 Å². The normalized spacial score (nSPS) is 10.7. The maximum atomic E-state index is 8.24. The molecule has 0 saturated heterocycles. The molecule has 0 aliphatic heterocycles. The van der Waals surface area contributed by atoms with Crippen molar-refractivity contribution in [2.75, 3.05) is 0 Å². The topological polar surface area (TPSA) is 23.8 Å². The van der Waals surface area contributed by atoms with E-state index >= 15 is 0 Å². The summed E-state index contributed by atoms with van der Waals surface area (Å²) < 4.78 is 0. The molecular weight excluding hydrogens is 134 g/mol. The van der Waals surface area contributed by atoms with Crippen LogP contribution >= 0.6 is 0 Å². The Morgan fingerprint density at radius 2 is 2.09 bits per heavy atom. The molecule has 0 saturated carbocycles. The summed E-state index contributed by atoms with van der Waals surface area (Å²) in [6.45, 7) is 4.34. The fourth-order valence-electron chi connectivity index (χ4n) is 0.835. The summed E-state index contributed by atoms with van der Waals surface area (Å²) in [6.07, 6.45) is 8.44. The third-order valence-corrected chi connectivity index (χ3v) is 1.43. The van der Waals surface area contributed by atoms with E-state index in [1.807, 2.05) is 0 Å². The molecule has 0 aromatic rings. The van der Waals surface area contributed by atoms with Gasteiger partial charge in [-0.1, -0.05) is 26.0 Å². The molecule has 1 nitrogen and oxygen atoms in total. The number of hydrogen-bond acceptors (Lipinski definition) is 1. The van der Waals surface area contributed by atoms with Crippen molar-refractivity contribution < 1.29 is 0 Å². The zero-order valence-electron chi connectivity index (χ0n) is 7.51. The molecular formula is C10H17N. The van der Waals surface area contributed by atoms with Crippen LogP contribution in [0.5, 0.6) is 0 Å². The van der Waals surface area contributed by atoms with Crippen molar-refractivity contribution in [1.82, 2.24) is 0 Å². The van der Waals surface area contributed by atoms with Gasteiger partial charge in [-0.2, -0.15) is 5.26 Å². The Balaban J connectivity index is 3.09. The highest BCUT2D eigenvalue weighted by molar-refractivity contribution is 4.84. The van der Waals surface area contributed by atoms with Gasteiger partial charge in [-0.25, -0.2) is 0 Å². The van der Waals surface area contributed by atoms with Gasteiger partial charge in [0, 0.05) is 6.42 Å². The summed E-state index contributed by atoms with van der Waals surface area (Å²) in [5.41, 5.74) is 0. The predicted octanol–water partition coefficient (Wildman–Crippen LogP) is 3.28. The van der Waals surface area contributed by atoms with Crippen LogP contribution in [0.15, 0.2) is 12.2 Å². The summed E-state index contributed by atoms with van der Waals surface area (Å²) in [6, 6.07) is 2.14.